The van der Waals surface area contributed by atoms with Gasteiger partial charge in [-0.1, -0.05) is 58.1 Å². The Labute approximate surface area is 132 Å². The molecule has 1 atom stereocenters. The second kappa shape index (κ2) is 9.82. The van der Waals surface area contributed by atoms with E-state index in [4.69, 9.17) is 11.6 Å². The minimum atomic E-state index is -0.197. The topological polar surface area (TPSA) is 46.9 Å². The molecule has 5 heteroatoms. The number of aromatic nitrogens is 2. The Balaban J connectivity index is 2.67. The van der Waals surface area contributed by atoms with E-state index >= 15 is 0 Å². The summed E-state index contributed by atoms with van der Waals surface area (Å²) in [5.41, 5.74) is 0.459. The lowest BCUT2D eigenvalue weighted by Crippen LogP contribution is -2.25. The van der Waals surface area contributed by atoms with Crippen LogP contribution in [0.3, 0.4) is 0 Å². The standard InChI is InChI=1S/C16H28ClN3O/c1-4-7-9-13(6-3)11-18-14-12-19-20(10-8-5-2)16(21)15(14)17/h12-13,18H,4-11H2,1-3H3. The van der Waals surface area contributed by atoms with Gasteiger partial charge >= 0.3 is 0 Å². The van der Waals surface area contributed by atoms with E-state index in [1.807, 2.05) is 0 Å². The fraction of sp³-hybridized carbons (Fsp3) is 0.750. The van der Waals surface area contributed by atoms with Crippen LogP contribution in [0.25, 0.3) is 0 Å². The summed E-state index contributed by atoms with van der Waals surface area (Å²) in [5, 5.41) is 7.74. The maximum Gasteiger partial charge on any atom is 0.287 e. The minimum Gasteiger partial charge on any atom is -0.382 e. The van der Waals surface area contributed by atoms with Crippen molar-refractivity contribution >= 4 is 17.3 Å². The summed E-state index contributed by atoms with van der Waals surface area (Å²) >= 11 is 6.17. The summed E-state index contributed by atoms with van der Waals surface area (Å²) < 4.78 is 1.45. The minimum absolute atomic E-state index is 0.197. The summed E-state index contributed by atoms with van der Waals surface area (Å²) in [6, 6.07) is 0. The zero-order valence-electron chi connectivity index (χ0n) is 13.5. The molecule has 0 aliphatic heterocycles. The molecule has 1 rings (SSSR count). The van der Waals surface area contributed by atoms with Crippen LogP contribution in [-0.2, 0) is 6.54 Å². The van der Waals surface area contributed by atoms with E-state index in [1.54, 1.807) is 6.20 Å². The summed E-state index contributed by atoms with van der Waals surface area (Å²) in [5.74, 6) is 0.614. The molecular weight excluding hydrogens is 286 g/mol. The van der Waals surface area contributed by atoms with Crippen LogP contribution >= 0.6 is 11.6 Å². The molecule has 0 amide bonds. The summed E-state index contributed by atoms with van der Waals surface area (Å²) in [6.07, 6.45) is 8.43. The zero-order chi connectivity index (χ0) is 15.7. The van der Waals surface area contributed by atoms with Crippen LogP contribution in [0.5, 0.6) is 0 Å². The number of nitrogens with zero attached hydrogens (tertiary/aromatic N) is 2. The molecular formula is C16H28ClN3O. The fourth-order valence-electron chi connectivity index (χ4n) is 2.25. The van der Waals surface area contributed by atoms with Crippen LogP contribution in [0.4, 0.5) is 5.69 Å². The number of anilines is 1. The first-order valence-corrected chi connectivity index (χ1v) is 8.51. The van der Waals surface area contributed by atoms with Gasteiger partial charge in [-0.25, -0.2) is 4.68 Å². The van der Waals surface area contributed by atoms with Crippen LogP contribution < -0.4 is 10.9 Å². The molecule has 1 N–H and O–H groups in total. The van der Waals surface area contributed by atoms with Gasteiger partial charge in [0.25, 0.3) is 5.56 Å². The molecule has 0 aliphatic carbocycles. The largest absolute Gasteiger partial charge is 0.382 e. The molecule has 1 aromatic heterocycles. The summed E-state index contributed by atoms with van der Waals surface area (Å²) in [7, 11) is 0. The number of aryl methyl sites for hydroxylation is 1. The SMILES string of the molecule is CCCCC(CC)CNc1cnn(CCCC)c(=O)c1Cl. The quantitative estimate of drug-likeness (QED) is 0.699. The normalized spacial score (nSPS) is 12.4. The fourth-order valence-corrected chi connectivity index (χ4v) is 2.47. The van der Waals surface area contributed by atoms with Gasteiger partial charge in [-0.15, -0.1) is 0 Å². The van der Waals surface area contributed by atoms with Gasteiger partial charge in [-0.3, -0.25) is 4.79 Å². The third kappa shape index (κ3) is 5.70. The summed E-state index contributed by atoms with van der Waals surface area (Å²) in [6.45, 7) is 7.96. The van der Waals surface area contributed by atoms with Crippen LogP contribution in [0.15, 0.2) is 11.0 Å². The van der Waals surface area contributed by atoms with Crippen molar-refractivity contribution < 1.29 is 0 Å². The monoisotopic (exact) mass is 313 g/mol. The number of unbranched alkanes of at least 4 members (excludes halogenated alkanes) is 2. The maximum atomic E-state index is 12.1. The highest BCUT2D eigenvalue weighted by Crippen LogP contribution is 2.18. The van der Waals surface area contributed by atoms with Crippen molar-refractivity contribution in [2.24, 2.45) is 5.92 Å². The first-order valence-electron chi connectivity index (χ1n) is 8.13. The van der Waals surface area contributed by atoms with Gasteiger partial charge in [0.1, 0.15) is 5.02 Å². The average molecular weight is 314 g/mol. The van der Waals surface area contributed by atoms with Gasteiger partial charge in [0.2, 0.25) is 0 Å². The predicted molar refractivity (Wildman–Crippen MR) is 90.2 cm³/mol. The Hall–Kier alpha value is -1.03. The molecule has 0 saturated carbocycles. The van der Waals surface area contributed by atoms with Crippen molar-refractivity contribution in [3.8, 4) is 0 Å². The molecule has 1 aromatic rings. The van der Waals surface area contributed by atoms with Crippen molar-refractivity contribution in [3.63, 3.8) is 0 Å². The van der Waals surface area contributed by atoms with E-state index in [-0.39, 0.29) is 10.6 Å². The van der Waals surface area contributed by atoms with E-state index in [1.165, 1.54) is 23.9 Å². The number of hydrogen-bond acceptors (Lipinski definition) is 3. The number of rotatable bonds is 10. The Morgan fingerprint density at radius 1 is 1.29 bits per heavy atom. The molecule has 0 radical (unpaired) electrons. The highest BCUT2D eigenvalue weighted by Gasteiger charge is 2.11. The van der Waals surface area contributed by atoms with Gasteiger partial charge in [-0.2, -0.15) is 5.10 Å². The lowest BCUT2D eigenvalue weighted by atomic mass is 9.99. The zero-order valence-corrected chi connectivity index (χ0v) is 14.2. The maximum absolute atomic E-state index is 12.1. The first-order chi connectivity index (χ1) is 10.1. The van der Waals surface area contributed by atoms with Crippen LogP contribution in [-0.4, -0.2) is 16.3 Å². The van der Waals surface area contributed by atoms with Gasteiger partial charge in [0.05, 0.1) is 11.9 Å². The van der Waals surface area contributed by atoms with Crippen molar-refractivity contribution in [2.45, 2.75) is 65.8 Å². The lowest BCUT2D eigenvalue weighted by Gasteiger charge is -2.17. The van der Waals surface area contributed by atoms with Crippen LogP contribution in [0, 0.1) is 5.92 Å². The van der Waals surface area contributed by atoms with E-state index < -0.39 is 0 Å². The molecule has 120 valence electrons. The number of hydrogen-bond donors (Lipinski definition) is 1. The third-order valence-electron chi connectivity index (χ3n) is 3.83. The molecule has 0 aliphatic rings. The third-order valence-corrected chi connectivity index (χ3v) is 4.20. The van der Waals surface area contributed by atoms with Gasteiger partial charge in [-0.05, 0) is 18.8 Å². The molecule has 21 heavy (non-hydrogen) atoms. The van der Waals surface area contributed by atoms with Crippen molar-refractivity contribution in [1.82, 2.24) is 9.78 Å². The second-order valence-corrected chi connectivity index (χ2v) is 5.93. The summed E-state index contributed by atoms with van der Waals surface area (Å²) in [4.78, 5) is 12.1. The molecule has 1 heterocycles. The molecule has 0 fully saturated rings. The number of nitrogens with one attached hydrogen (secondary N) is 1. The predicted octanol–water partition coefficient (Wildman–Crippen LogP) is 4.33. The highest BCUT2D eigenvalue weighted by atomic mass is 35.5. The highest BCUT2D eigenvalue weighted by molar-refractivity contribution is 6.32. The Kier molecular flexibility index (Phi) is 8.43. The first kappa shape index (κ1) is 18.0. The molecule has 0 saturated heterocycles. The average Bonchev–Trinajstić information content (AvgIpc) is 2.50. The molecule has 1 unspecified atom stereocenters. The van der Waals surface area contributed by atoms with Crippen LogP contribution in [0.1, 0.15) is 59.3 Å². The second-order valence-electron chi connectivity index (χ2n) is 5.55. The van der Waals surface area contributed by atoms with E-state index in [2.05, 4.69) is 31.2 Å². The van der Waals surface area contributed by atoms with Crippen LogP contribution in [0.2, 0.25) is 5.02 Å². The van der Waals surface area contributed by atoms with E-state index in [9.17, 15) is 4.79 Å². The number of halogens is 1. The molecule has 0 bridgehead atoms. The van der Waals surface area contributed by atoms with Gasteiger partial charge in [0.15, 0.2) is 0 Å². The Morgan fingerprint density at radius 3 is 2.62 bits per heavy atom. The Bertz CT molecular complexity index is 473. The van der Waals surface area contributed by atoms with E-state index in [0.717, 1.165) is 25.8 Å². The van der Waals surface area contributed by atoms with E-state index in [0.29, 0.717) is 18.2 Å². The molecule has 4 nitrogen and oxygen atoms in total. The Morgan fingerprint density at radius 2 is 2.00 bits per heavy atom. The van der Waals surface area contributed by atoms with Gasteiger partial charge in [0, 0.05) is 13.1 Å². The molecule has 0 aromatic carbocycles. The lowest BCUT2D eigenvalue weighted by molar-refractivity contribution is 0.472. The van der Waals surface area contributed by atoms with Crippen molar-refractivity contribution in [2.75, 3.05) is 11.9 Å². The van der Waals surface area contributed by atoms with Crippen molar-refractivity contribution in [1.29, 1.82) is 0 Å². The van der Waals surface area contributed by atoms with Crippen molar-refractivity contribution in [3.05, 3.63) is 21.6 Å². The molecule has 0 spiro atoms. The smallest absolute Gasteiger partial charge is 0.287 e. The van der Waals surface area contributed by atoms with Gasteiger partial charge < -0.3 is 5.32 Å².